The molecule has 0 spiro atoms. The molecule has 3 unspecified atom stereocenters. The van der Waals surface area contributed by atoms with Crippen LogP contribution in [0.5, 0.6) is 0 Å². The van der Waals surface area contributed by atoms with E-state index in [-0.39, 0.29) is 19.1 Å². The second-order valence-electron chi connectivity index (χ2n) is 18.2. The van der Waals surface area contributed by atoms with E-state index in [2.05, 4.69) is 104 Å². The van der Waals surface area contributed by atoms with Crippen LogP contribution in [0.25, 0.3) is 0 Å². The van der Waals surface area contributed by atoms with Crippen LogP contribution in [0.2, 0.25) is 0 Å². The number of carbonyl (C=O) groups is 1. The highest BCUT2D eigenvalue weighted by Gasteiger charge is 2.28. The first-order chi connectivity index (χ1) is 30.5. The van der Waals surface area contributed by atoms with Gasteiger partial charge in [0.1, 0.15) is 13.2 Å². The van der Waals surface area contributed by atoms with E-state index in [1.165, 1.54) is 89.9 Å². The third kappa shape index (κ3) is 47.5. The number of nitrogens with zero attached hydrogens (tertiary/aromatic N) is 1. The third-order valence-corrected chi connectivity index (χ3v) is 11.9. The van der Waals surface area contributed by atoms with Gasteiger partial charge in [0.25, 0.3) is 0 Å². The summed E-state index contributed by atoms with van der Waals surface area (Å²) in [5.74, 6) is -0.155. The summed E-state index contributed by atoms with van der Waals surface area (Å²) >= 11 is 0. The fourth-order valence-electron chi connectivity index (χ4n) is 6.91. The van der Waals surface area contributed by atoms with Gasteiger partial charge in [-0.2, -0.15) is 0 Å². The van der Waals surface area contributed by atoms with Crippen LogP contribution in [0.15, 0.2) is 85.1 Å². The average molecular weight is 902 g/mol. The van der Waals surface area contributed by atoms with Crippen LogP contribution in [0.1, 0.15) is 200 Å². The van der Waals surface area contributed by atoms with Crippen LogP contribution in [-0.4, -0.2) is 73.4 Å². The first-order valence-electron chi connectivity index (χ1n) is 25.5. The molecule has 0 radical (unpaired) electrons. The Kier molecular flexibility index (Phi) is 43.2. The molecule has 0 fully saturated rings. The quantitative estimate of drug-likeness (QED) is 0.0243. The van der Waals surface area contributed by atoms with Gasteiger partial charge >= 0.3 is 7.82 Å². The lowest BCUT2D eigenvalue weighted by molar-refractivity contribution is -0.870. The van der Waals surface area contributed by atoms with Crippen LogP contribution in [0.4, 0.5) is 0 Å². The molecule has 3 atom stereocenters. The number of amides is 1. The molecule has 0 bridgehead atoms. The summed E-state index contributed by atoms with van der Waals surface area (Å²) < 4.78 is 23.5. The standard InChI is InChI=1S/C54H97N2O6P/c1-6-8-10-12-14-15-16-17-18-19-20-21-22-23-24-25-26-27-28-29-30-31-32-33-34-35-36-37-38-39-40-41-42-44-46-48-54(58)55-52(53(57)47-45-43-13-11-9-7-2)51-62-63(59,60)61-50-49-56(3,4)5/h8,10,14-15,17-18,20-21,23-24,26-27,29-30,52-53,57H,6-7,9,11-13,16,19,22,25,28,31-51H2,1-5H3,(H-,55,58,59,60)/p+1/b10-8-,15-14-,18-17-,21-20-,24-23-,27-26-,30-29-. The lowest BCUT2D eigenvalue weighted by Crippen LogP contribution is -2.46. The van der Waals surface area contributed by atoms with E-state index in [1.807, 2.05) is 21.1 Å². The Morgan fingerprint density at radius 1 is 0.556 bits per heavy atom. The molecular weight excluding hydrogens is 804 g/mol. The van der Waals surface area contributed by atoms with Crippen molar-refractivity contribution in [1.82, 2.24) is 5.32 Å². The zero-order chi connectivity index (χ0) is 46.4. The van der Waals surface area contributed by atoms with Crippen LogP contribution in [-0.2, 0) is 18.4 Å². The fourth-order valence-corrected chi connectivity index (χ4v) is 7.64. The summed E-state index contributed by atoms with van der Waals surface area (Å²) in [4.78, 5) is 23.0. The molecule has 0 aliphatic heterocycles. The molecule has 0 aliphatic rings. The van der Waals surface area contributed by atoms with Gasteiger partial charge < -0.3 is 19.8 Å². The predicted octanol–water partition coefficient (Wildman–Crippen LogP) is 14.9. The summed E-state index contributed by atoms with van der Waals surface area (Å²) in [5.41, 5.74) is 0. The van der Waals surface area contributed by atoms with Crippen LogP contribution in [0, 0.1) is 0 Å². The molecule has 0 rings (SSSR count). The van der Waals surface area contributed by atoms with Gasteiger partial charge in [-0.3, -0.25) is 13.8 Å². The number of aliphatic hydroxyl groups excluding tert-OH is 1. The first-order valence-corrected chi connectivity index (χ1v) is 26.9. The topological polar surface area (TPSA) is 105 Å². The monoisotopic (exact) mass is 902 g/mol. The van der Waals surface area contributed by atoms with Crippen molar-refractivity contribution in [3.05, 3.63) is 85.1 Å². The molecule has 364 valence electrons. The van der Waals surface area contributed by atoms with Crippen molar-refractivity contribution in [2.45, 2.75) is 212 Å². The number of phosphoric acid groups is 1. The maximum atomic E-state index is 12.8. The van der Waals surface area contributed by atoms with E-state index in [4.69, 9.17) is 9.05 Å². The molecule has 0 aromatic heterocycles. The minimum atomic E-state index is -4.31. The summed E-state index contributed by atoms with van der Waals surface area (Å²) in [5, 5.41) is 13.8. The number of aliphatic hydroxyl groups is 1. The Bertz CT molecular complexity index is 1300. The molecule has 63 heavy (non-hydrogen) atoms. The molecule has 8 nitrogen and oxygen atoms in total. The van der Waals surface area contributed by atoms with E-state index in [0.717, 1.165) is 83.5 Å². The minimum absolute atomic E-state index is 0.0708. The second-order valence-corrected chi connectivity index (χ2v) is 19.6. The number of carbonyl (C=O) groups excluding carboxylic acids is 1. The normalized spacial score (nSPS) is 14.8. The Hall–Kier alpha value is -2.32. The van der Waals surface area contributed by atoms with Gasteiger partial charge in [-0.15, -0.1) is 0 Å². The van der Waals surface area contributed by atoms with Crippen LogP contribution in [0.3, 0.4) is 0 Å². The Morgan fingerprint density at radius 3 is 1.40 bits per heavy atom. The third-order valence-electron chi connectivity index (χ3n) is 10.9. The highest BCUT2D eigenvalue weighted by Crippen LogP contribution is 2.43. The molecule has 0 saturated heterocycles. The number of quaternary nitrogens is 1. The van der Waals surface area contributed by atoms with Gasteiger partial charge in [0.05, 0.1) is 39.9 Å². The van der Waals surface area contributed by atoms with E-state index in [1.54, 1.807) is 0 Å². The number of hydrogen-bond acceptors (Lipinski definition) is 5. The van der Waals surface area contributed by atoms with E-state index >= 15 is 0 Å². The molecule has 0 aromatic carbocycles. The van der Waals surface area contributed by atoms with Crippen molar-refractivity contribution in [3.63, 3.8) is 0 Å². The summed E-state index contributed by atoms with van der Waals surface area (Å²) in [6.07, 6.45) is 62.4. The average Bonchev–Trinajstić information content (AvgIpc) is 3.24. The number of unbranched alkanes of at least 4 members (excludes halogenated alkanes) is 18. The molecule has 0 aliphatic carbocycles. The maximum absolute atomic E-state index is 12.8. The summed E-state index contributed by atoms with van der Waals surface area (Å²) in [6, 6.07) is -0.761. The van der Waals surface area contributed by atoms with E-state index in [0.29, 0.717) is 23.9 Å². The van der Waals surface area contributed by atoms with E-state index < -0.39 is 20.0 Å². The molecule has 0 heterocycles. The van der Waals surface area contributed by atoms with Crippen molar-refractivity contribution in [3.8, 4) is 0 Å². The number of phosphoric ester groups is 1. The van der Waals surface area contributed by atoms with Gasteiger partial charge in [-0.05, 0) is 70.6 Å². The van der Waals surface area contributed by atoms with Gasteiger partial charge in [0, 0.05) is 6.42 Å². The van der Waals surface area contributed by atoms with Gasteiger partial charge in [0.15, 0.2) is 0 Å². The molecule has 1 amide bonds. The predicted molar refractivity (Wildman–Crippen MR) is 272 cm³/mol. The van der Waals surface area contributed by atoms with Crippen LogP contribution >= 0.6 is 7.82 Å². The molecule has 0 saturated carbocycles. The first kappa shape index (κ1) is 60.7. The zero-order valence-electron chi connectivity index (χ0n) is 41.3. The minimum Gasteiger partial charge on any atom is -0.391 e. The number of allylic oxidation sites excluding steroid dienone is 14. The van der Waals surface area contributed by atoms with E-state index in [9.17, 15) is 19.4 Å². The largest absolute Gasteiger partial charge is 0.472 e. The lowest BCUT2D eigenvalue weighted by atomic mass is 10.0. The van der Waals surface area contributed by atoms with Crippen molar-refractivity contribution in [2.24, 2.45) is 0 Å². The van der Waals surface area contributed by atoms with Crippen molar-refractivity contribution in [2.75, 3.05) is 40.9 Å². The molecule has 0 aromatic rings. The highest BCUT2D eigenvalue weighted by atomic mass is 31.2. The zero-order valence-corrected chi connectivity index (χ0v) is 42.2. The van der Waals surface area contributed by atoms with Crippen molar-refractivity contribution >= 4 is 13.7 Å². The second kappa shape index (κ2) is 44.9. The number of hydrogen-bond donors (Lipinski definition) is 3. The van der Waals surface area contributed by atoms with Gasteiger partial charge in [-0.25, -0.2) is 4.57 Å². The summed E-state index contributed by atoms with van der Waals surface area (Å²) in [6.45, 7) is 4.69. The van der Waals surface area contributed by atoms with Gasteiger partial charge in [-0.1, -0.05) is 208 Å². The lowest BCUT2D eigenvalue weighted by Gasteiger charge is -2.26. The van der Waals surface area contributed by atoms with Crippen molar-refractivity contribution in [1.29, 1.82) is 0 Å². The Morgan fingerprint density at radius 2 is 0.952 bits per heavy atom. The fraction of sp³-hybridized carbons (Fsp3) is 0.722. The smallest absolute Gasteiger partial charge is 0.391 e. The number of nitrogens with one attached hydrogen (secondary N) is 1. The molecule has 9 heteroatoms. The Labute approximate surface area is 388 Å². The number of likely N-dealkylation sites (N-methyl/N-ethyl adjacent to an activating group) is 1. The SMILES string of the molecule is CC/C=C\C/C=C\C/C=C\C/C=C\C/C=C\C/C=C\C/C=C\CCCCCCCCCCCCCCCC(=O)NC(COP(=O)(O)OCC[N+](C)(C)C)C(O)CCCCCCCC. The molecular formula is C54H98N2O6P+. The molecule has 3 N–H and O–H groups in total. The summed E-state index contributed by atoms with van der Waals surface area (Å²) in [7, 11) is 1.60. The van der Waals surface area contributed by atoms with Crippen LogP contribution < -0.4 is 5.32 Å². The van der Waals surface area contributed by atoms with Gasteiger partial charge in [0.2, 0.25) is 5.91 Å². The highest BCUT2D eigenvalue weighted by molar-refractivity contribution is 7.47. The number of rotatable bonds is 45. The maximum Gasteiger partial charge on any atom is 0.472 e. The van der Waals surface area contributed by atoms with Crippen molar-refractivity contribution < 1.29 is 32.9 Å². The Balaban J connectivity index is 3.92.